The van der Waals surface area contributed by atoms with Gasteiger partial charge in [-0.3, -0.25) is 0 Å². The first-order chi connectivity index (χ1) is 8.74. The highest BCUT2D eigenvalue weighted by Crippen LogP contribution is 2.47. The van der Waals surface area contributed by atoms with Crippen LogP contribution >= 0.6 is 11.3 Å². The lowest BCUT2D eigenvalue weighted by atomic mass is 9.97. The van der Waals surface area contributed by atoms with Gasteiger partial charge < -0.3 is 5.73 Å². The van der Waals surface area contributed by atoms with E-state index in [0.717, 1.165) is 28.4 Å². The van der Waals surface area contributed by atoms with E-state index in [2.05, 4.69) is 11.9 Å². The summed E-state index contributed by atoms with van der Waals surface area (Å²) in [5.74, 6) is 2.98. The zero-order valence-corrected chi connectivity index (χ0v) is 11.4. The average molecular weight is 259 g/mol. The van der Waals surface area contributed by atoms with Crippen molar-refractivity contribution in [3.63, 3.8) is 0 Å². The van der Waals surface area contributed by atoms with Crippen molar-refractivity contribution in [3.05, 3.63) is 16.3 Å². The van der Waals surface area contributed by atoms with Gasteiger partial charge in [-0.2, -0.15) is 0 Å². The van der Waals surface area contributed by atoms with E-state index in [1.807, 2.05) is 11.3 Å². The lowest BCUT2D eigenvalue weighted by Crippen LogP contribution is -2.02. The van der Waals surface area contributed by atoms with Crippen molar-refractivity contribution in [1.82, 2.24) is 9.97 Å². The van der Waals surface area contributed by atoms with E-state index in [0.29, 0.717) is 11.7 Å². The fourth-order valence-corrected chi connectivity index (χ4v) is 4.33. The fourth-order valence-electron chi connectivity index (χ4n) is 3.05. The van der Waals surface area contributed by atoms with Gasteiger partial charge in [-0.05, 0) is 43.6 Å². The van der Waals surface area contributed by atoms with Gasteiger partial charge in [0.15, 0.2) is 0 Å². The van der Waals surface area contributed by atoms with Gasteiger partial charge in [0, 0.05) is 10.8 Å². The Morgan fingerprint density at radius 1 is 1.22 bits per heavy atom. The highest BCUT2D eigenvalue weighted by molar-refractivity contribution is 7.19. The van der Waals surface area contributed by atoms with Crippen LogP contribution < -0.4 is 5.73 Å². The highest BCUT2D eigenvalue weighted by Gasteiger charge is 2.37. The van der Waals surface area contributed by atoms with Gasteiger partial charge in [-0.1, -0.05) is 6.92 Å². The van der Waals surface area contributed by atoms with Crippen molar-refractivity contribution in [2.24, 2.45) is 5.92 Å². The molecule has 1 fully saturated rings. The number of rotatable bonds is 1. The highest BCUT2D eigenvalue weighted by atomic mass is 32.1. The summed E-state index contributed by atoms with van der Waals surface area (Å²) >= 11 is 1.84. The molecule has 0 spiro atoms. The minimum atomic E-state index is 0.552. The number of thiophene rings is 1. The number of nitrogen functional groups attached to an aromatic ring is 1. The summed E-state index contributed by atoms with van der Waals surface area (Å²) < 4.78 is 0. The molecule has 2 aliphatic rings. The second-order valence-electron chi connectivity index (χ2n) is 5.68. The lowest BCUT2D eigenvalue weighted by Gasteiger charge is -2.10. The summed E-state index contributed by atoms with van der Waals surface area (Å²) in [6.45, 7) is 2.26. The standard InChI is InChI=1S/C14H17N3S/c1-7-6-9(7)13-16-12(15)11-8-4-2-3-5-10(8)18-14(11)17-13/h7,9H,2-6H2,1H3,(H2,15,16,17). The predicted octanol–water partition coefficient (Wildman–Crippen LogP) is 3.28. The van der Waals surface area contributed by atoms with Crippen molar-refractivity contribution in [1.29, 1.82) is 0 Å². The summed E-state index contributed by atoms with van der Waals surface area (Å²) in [6, 6.07) is 0. The summed E-state index contributed by atoms with van der Waals surface area (Å²) in [7, 11) is 0. The van der Waals surface area contributed by atoms with Gasteiger partial charge >= 0.3 is 0 Å². The Morgan fingerprint density at radius 2 is 2.00 bits per heavy atom. The minimum absolute atomic E-state index is 0.552. The molecule has 2 unspecified atom stereocenters. The number of nitrogens with zero attached hydrogens (tertiary/aromatic N) is 2. The molecule has 0 radical (unpaired) electrons. The van der Waals surface area contributed by atoms with Crippen LogP contribution in [0.25, 0.3) is 10.2 Å². The van der Waals surface area contributed by atoms with Crippen molar-refractivity contribution in [2.45, 2.75) is 44.9 Å². The number of nitrogens with two attached hydrogens (primary N) is 1. The minimum Gasteiger partial charge on any atom is -0.383 e. The van der Waals surface area contributed by atoms with Crippen molar-refractivity contribution < 1.29 is 0 Å². The van der Waals surface area contributed by atoms with E-state index in [1.54, 1.807) is 0 Å². The molecule has 0 saturated heterocycles. The van der Waals surface area contributed by atoms with Crippen LogP contribution in [0.3, 0.4) is 0 Å². The maximum Gasteiger partial charge on any atom is 0.136 e. The van der Waals surface area contributed by atoms with Crippen LogP contribution in [0, 0.1) is 5.92 Å². The van der Waals surface area contributed by atoms with Crippen LogP contribution in [0.15, 0.2) is 0 Å². The Labute approximate surface area is 110 Å². The SMILES string of the molecule is CC1CC1c1nc(N)c2c3c(sc2n1)CCCC3. The van der Waals surface area contributed by atoms with Crippen LogP contribution in [-0.2, 0) is 12.8 Å². The second kappa shape index (κ2) is 3.67. The Bertz CT molecular complexity index is 631. The van der Waals surface area contributed by atoms with E-state index in [1.165, 1.54) is 36.1 Å². The van der Waals surface area contributed by atoms with Crippen molar-refractivity contribution >= 4 is 27.4 Å². The number of hydrogen-bond acceptors (Lipinski definition) is 4. The molecular formula is C14H17N3S. The van der Waals surface area contributed by atoms with Gasteiger partial charge in [0.1, 0.15) is 16.5 Å². The molecule has 0 aromatic carbocycles. The average Bonchev–Trinajstić information content (AvgIpc) is 2.97. The van der Waals surface area contributed by atoms with E-state index < -0.39 is 0 Å². The first-order valence-corrected chi connectivity index (χ1v) is 7.63. The second-order valence-corrected chi connectivity index (χ2v) is 6.76. The van der Waals surface area contributed by atoms with Gasteiger partial charge in [-0.25, -0.2) is 9.97 Å². The van der Waals surface area contributed by atoms with E-state index in [4.69, 9.17) is 10.7 Å². The first-order valence-electron chi connectivity index (χ1n) is 6.81. The van der Waals surface area contributed by atoms with Gasteiger partial charge in [0.25, 0.3) is 0 Å². The quantitative estimate of drug-likeness (QED) is 0.855. The van der Waals surface area contributed by atoms with Crippen LogP contribution in [-0.4, -0.2) is 9.97 Å². The third-order valence-corrected chi connectivity index (χ3v) is 5.49. The Hall–Kier alpha value is -1.16. The molecule has 0 amide bonds. The normalized spacial score (nSPS) is 26.3. The van der Waals surface area contributed by atoms with Crippen molar-refractivity contribution in [3.8, 4) is 0 Å². The van der Waals surface area contributed by atoms with Crippen molar-refractivity contribution in [2.75, 3.05) is 5.73 Å². The van der Waals surface area contributed by atoms with Crippen LogP contribution in [0.2, 0.25) is 0 Å². The van der Waals surface area contributed by atoms with Crippen LogP contribution in [0.5, 0.6) is 0 Å². The number of fused-ring (bicyclic) bond motifs is 3. The Kier molecular flexibility index (Phi) is 2.19. The Balaban J connectivity index is 1.91. The van der Waals surface area contributed by atoms with Gasteiger partial charge in [-0.15, -0.1) is 11.3 Å². The molecule has 3 nitrogen and oxygen atoms in total. The summed E-state index contributed by atoms with van der Waals surface area (Å²) in [5, 5.41) is 1.16. The third-order valence-electron chi connectivity index (χ3n) is 4.30. The number of aryl methyl sites for hydroxylation is 2. The predicted molar refractivity (Wildman–Crippen MR) is 75.0 cm³/mol. The molecule has 2 N–H and O–H groups in total. The number of aromatic nitrogens is 2. The largest absolute Gasteiger partial charge is 0.383 e. The molecule has 2 aliphatic carbocycles. The topological polar surface area (TPSA) is 51.8 Å². The van der Waals surface area contributed by atoms with Crippen LogP contribution in [0.1, 0.15) is 48.4 Å². The third kappa shape index (κ3) is 1.48. The fraction of sp³-hybridized carbons (Fsp3) is 0.571. The van der Waals surface area contributed by atoms with E-state index in [-0.39, 0.29) is 0 Å². The molecule has 2 aromatic heterocycles. The molecule has 4 rings (SSSR count). The van der Waals surface area contributed by atoms with Gasteiger partial charge in [0.05, 0.1) is 5.39 Å². The molecule has 0 aliphatic heterocycles. The number of anilines is 1. The molecular weight excluding hydrogens is 242 g/mol. The number of hydrogen-bond donors (Lipinski definition) is 1. The Morgan fingerprint density at radius 3 is 2.78 bits per heavy atom. The maximum absolute atomic E-state index is 6.19. The molecule has 2 atom stereocenters. The zero-order valence-electron chi connectivity index (χ0n) is 10.6. The smallest absolute Gasteiger partial charge is 0.136 e. The summed E-state index contributed by atoms with van der Waals surface area (Å²) in [6.07, 6.45) is 6.16. The van der Waals surface area contributed by atoms with Crippen LogP contribution in [0.4, 0.5) is 5.82 Å². The molecule has 94 valence electrons. The molecule has 2 aromatic rings. The van der Waals surface area contributed by atoms with E-state index in [9.17, 15) is 0 Å². The molecule has 18 heavy (non-hydrogen) atoms. The molecule has 4 heteroatoms. The molecule has 0 bridgehead atoms. The lowest BCUT2D eigenvalue weighted by molar-refractivity contribution is 0.700. The molecule has 2 heterocycles. The molecule has 1 saturated carbocycles. The maximum atomic E-state index is 6.19. The monoisotopic (exact) mass is 259 g/mol. The zero-order chi connectivity index (χ0) is 12.3. The summed E-state index contributed by atoms with van der Waals surface area (Å²) in [5.41, 5.74) is 7.63. The first kappa shape index (κ1) is 10.7. The summed E-state index contributed by atoms with van der Waals surface area (Å²) in [4.78, 5) is 12.0. The van der Waals surface area contributed by atoms with E-state index >= 15 is 0 Å². The van der Waals surface area contributed by atoms with Gasteiger partial charge in [0.2, 0.25) is 0 Å².